The second-order valence-electron chi connectivity index (χ2n) is 4.86. The number of carbonyl (C=O) groups excluding carboxylic acids is 1. The molecular formula is C15H16N2O. The largest absolute Gasteiger partial charge is 0.359 e. The van der Waals surface area contributed by atoms with Crippen LogP contribution in [0.4, 0.5) is 0 Å². The molecule has 0 aliphatic carbocycles. The number of rotatable bonds is 1. The van der Waals surface area contributed by atoms with Crippen LogP contribution in [0.3, 0.4) is 0 Å². The number of hydrogen-bond donors (Lipinski definition) is 1. The molecule has 1 saturated heterocycles. The van der Waals surface area contributed by atoms with Gasteiger partial charge >= 0.3 is 0 Å². The summed E-state index contributed by atoms with van der Waals surface area (Å²) < 4.78 is 0. The molecule has 0 radical (unpaired) electrons. The van der Waals surface area contributed by atoms with Gasteiger partial charge in [0, 0.05) is 29.9 Å². The van der Waals surface area contributed by atoms with Crippen molar-refractivity contribution in [1.29, 1.82) is 0 Å². The molecule has 18 heavy (non-hydrogen) atoms. The maximum Gasteiger partial charge on any atom is 0.224 e. The summed E-state index contributed by atoms with van der Waals surface area (Å²) in [5, 5.41) is 2.84. The van der Waals surface area contributed by atoms with Gasteiger partial charge in [-0.05, 0) is 12.0 Å². The molecule has 0 saturated carbocycles. The number of nitrogens with zero attached hydrogens (tertiary/aromatic N) is 1. The van der Waals surface area contributed by atoms with Crippen LogP contribution in [0.2, 0.25) is 0 Å². The van der Waals surface area contributed by atoms with E-state index in [0.717, 1.165) is 24.4 Å². The Morgan fingerprint density at radius 1 is 1.28 bits per heavy atom. The number of hydrogen-bond acceptors (Lipinski definition) is 2. The van der Waals surface area contributed by atoms with Crippen LogP contribution in [0, 0.1) is 0 Å². The average molecular weight is 240 g/mol. The normalized spacial score (nSPS) is 23.0. The van der Waals surface area contributed by atoms with E-state index in [2.05, 4.69) is 35.5 Å². The zero-order valence-electron chi connectivity index (χ0n) is 10.3. The second kappa shape index (κ2) is 4.02. The number of benzene rings is 1. The van der Waals surface area contributed by atoms with Crippen LogP contribution in [0.5, 0.6) is 0 Å². The first-order valence-corrected chi connectivity index (χ1v) is 6.19. The van der Waals surface area contributed by atoms with Gasteiger partial charge in [-0.2, -0.15) is 0 Å². The van der Waals surface area contributed by atoms with Crippen molar-refractivity contribution in [3.8, 4) is 0 Å². The third kappa shape index (κ3) is 1.63. The number of carbonyl (C=O) groups is 1. The minimum Gasteiger partial charge on any atom is -0.359 e. The van der Waals surface area contributed by atoms with Gasteiger partial charge in [0.15, 0.2) is 0 Å². The maximum absolute atomic E-state index is 11.3. The van der Waals surface area contributed by atoms with E-state index < -0.39 is 0 Å². The molecule has 92 valence electrons. The molecule has 1 aromatic carbocycles. The molecule has 3 rings (SSSR count). The summed E-state index contributed by atoms with van der Waals surface area (Å²) in [5.41, 5.74) is 4.34. The summed E-state index contributed by atoms with van der Waals surface area (Å²) in [6, 6.07) is 8.48. The van der Waals surface area contributed by atoms with Gasteiger partial charge in [-0.1, -0.05) is 37.4 Å². The van der Waals surface area contributed by atoms with E-state index in [0.29, 0.717) is 6.42 Å². The van der Waals surface area contributed by atoms with Crippen molar-refractivity contribution in [2.45, 2.75) is 25.4 Å². The minimum atomic E-state index is 0.0681. The molecule has 1 N–H and O–H groups in total. The highest BCUT2D eigenvalue weighted by molar-refractivity contribution is 5.80. The fraction of sp³-hybridized carbons (Fsp3) is 0.267. The predicted octanol–water partition coefficient (Wildman–Crippen LogP) is 2.27. The molecule has 0 aromatic heterocycles. The van der Waals surface area contributed by atoms with Gasteiger partial charge in [-0.3, -0.25) is 4.79 Å². The molecule has 1 amide bonds. The fourth-order valence-corrected chi connectivity index (χ4v) is 2.78. The van der Waals surface area contributed by atoms with Crippen molar-refractivity contribution in [2.24, 2.45) is 0 Å². The van der Waals surface area contributed by atoms with Gasteiger partial charge < -0.3 is 10.2 Å². The Kier molecular flexibility index (Phi) is 2.47. The highest BCUT2D eigenvalue weighted by Crippen LogP contribution is 2.36. The van der Waals surface area contributed by atoms with Crippen LogP contribution in [-0.4, -0.2) is 16.8 Å². The Bertz CT molecular complexity index is 547. The SMILES string of the molecule is C=C1NC(=O)CCC1N1Cc2ccccc2C1=C. The first-order valence-electron chi connectivity index (χ1n) is 6.19. The van der Waals surface area contributed by atoms with Crippen LogP contribution in [0.1, 0.15) is 24.0 Å². The van der Waals surface area contributed by atoms with Gasteiger partial charge in [0.25, 0.3) is 0 Å². The topological polar surface area (TPSA) is 32.3 Å². The van der Waals surface area contributed by atoms with Crippen LogP contribution in [-0.2, 0) is 11.3 Å². The summed E-state index contributed by atoms with van der Waals surface area (Å²) >= 11 is 0. The average Bonchev–Trinajstić information content (AvgIpc) is 2.68. The molecule has 1 atom stereocenters. The highest BCUT2D eigenvalue weighted by atomic mass is 16.1. The first kappa shape index (κ1) is 11.1. The van der Waals surface area contributed by atoms with Crippen molar-refractivity contribution >= 4 is 11.6 Å². The molecule has 3 heteroatoms. The lowest BCUT2D eigenvalue weighted by Crippen LogP contribution is -2.43. The Hall–Kier alpha value is -2.03. The van der Waals surface area contributed by atoms with Crippen molar-refractivity contribution in [3.63, 3.8) is 0 Å². The molecule has 2 aliphatic rings. The maximum atomic E-state index is 11.3. The lowest BCUT2D eigenvalue weighted by atomic mass is 10.0. The zero-order valence-corrected chi connectivity index (χ0v) is 10.3. The summed E-state index contributed by atoms with van der Waals surface area (Å²) in [4.78, 5) is 13.6. The van der Waals surface area contributed by atoms with Crippen LogP contribution in [0.25, 0.3) is 5.70 Å². The minimum absolute atomic E-state index is 0.0681. The van der Waals surface area contributed by atoms with Gasteiger partial charge in [0.05, 0.1) is 6.04 Å². The monoisotopic (exact) mass is 240 g/mol. The molecule has 0 spiro atoms. The van der Waals surface area contributed by atoms with E-state index in [1.807, 2.05) is 12.1 Å². The summed E-state index contributed by atoms with van der Waals surface area (Å²) in [6.45, 7) is 9.01. The second-order valence-corrected chi connectivity index (χ2v) is 4.86. The van der Waals surface area contributed by atoms with E-state index in [1.165, 1.54) is 11.1 Å². The summed E-state index contributed by atoms with van der Waals surface area (Å²) in [7, 11) is 0. The van der Waals surface area contributed by atoms with E-state index in [4.69, 9.17) is 0 Å². The van der Waals surface area contributed by atoms with Crippen LogP contribution < -0.4 is 5.32 Å². The third-order valence-corrected chi connectivity index (χ3v) is 3.74. The number of piperidine rings is 1. The highest BCUT2D eigenvalue weighted by Gasteiger charge is 2.32. The van der Waals surface area contributed by atoms with Gasteiger partial charge in [-0.25, -0.2) is 0 Å². The Morgan fingerprint density at radius 3 is 2.78 bits per heavy atom. The van der Waals surface area contributed by atoms with Gasteiger partial charge in [0.1, 0.15) is 0 Å². The Balaban J connectivity index is 1.86. The van der Waals surface area contributed by atoms with Crippen molar-refractivity contribution < 1.29 is 4.79 Å². The van der Waals surface area contributed by atoms with E-state index in [-0.39, 0.29) is 11.9 Å². The Morgan fingerprint density at radius 2 is 2.06 bits per heavy atom. The van der Waals surface area contributed by atoms with Gasteiger partial charge in [-0.15, -0.1) is 0 Å². The standard InChI is InChI=1S/C15H16N2O/c1-10-14(7-8-15(18)16-10)17-9-12-5-3-4-6-13(12)11(17)2/h3-6,14H,1-2,7-9H2,(H,16,18). The summed E-state index contributed by atoms with van der Waals surface area (Å²) in [6.07, 6.45) is 1.38. The zero-order chi connectivity index (χ0) is 12.7. The molecule has 1 aromatic rings. The first-order chi connectivity index (χ1) is 8.66. The molecule has 0 bridgehead atoms. The molecule has 1 unspecified atom stereocenters. The van der Waals surface area contributed by atoms with Crippen LogP contribution >= 0.6 is 0 Å². The van der Waals surface area contributed by atoms with Gasteiger partial charge in [0.2, 0.25) is 5.91 Å². The number of nitrogens with one attached hydrogen (secondary N) is 1. The molecule has 1 fully saturated rings. The summed E-state index contributed by atoms with van der Waals surface area (Å²) in [5.74, 6) is 0.0681. The third-order valence-electron chi connectivity index (χ3n) is 3.74. The molecule has 3 nitrogen and oxygen atoms in total. The van der Waals surface area contributed by atoms with Crippen molar-refractivity contribution in [2.75, 3.05) is 0 Å². The fourth-order valence-electron chi connectivity index (χ4n) is 2.78. The van der Waals surface area contributed by atoms with E-state index in [1.54, 1.807) is 0 Å². The van der Waals surface area contributed by atoms with Crippen molar-refractivity contribution in [1.82, 2.24) is 10.2 Å². The molecule has 2 heterocycles. The quantitative estimate of drug-likeness (QED) is 0.816. The van der Waals surface area contributed by atoms with E-state index >= 15 is 0 Å². The molecule has 2 aliphatic heterocycles. The van der Waals surface area contributed by atoms with E-state index in [9.17, 15) is 4.79 Å². The molecular weight excluding hydrogens is 224 g/mol. The smallest absolute Gasteiger partial charge is 0.224 e. The predicted molar refractivity (Wildman–Crippen MR) is 71.3 cm³/mol. The van der Waals surface area contributed by atoms with Crippen LogP contribution in [0.15, 0.2) is 43.1 Å². The lowest BCUT2D eigenvalue weighted by molar-refractivity contribution is -0.121. The number of fused-ring (bicyclic) bond motifs is 1. The Labute approximate surface area is 107 Å². The lowest BCUT2D eigenvalue weighted by Gasteiger charge is -2.34. The number of amides is 1. The van der Waals surface area contributed by atoms with Crippen molar-refractivity contribution in [3.05, 3.63) is 54.2 Å².